The Morgan fingerprint density at radius 3 is 2.78 bits per heavy atom. The van der Waals surface area contributed by atoms with Crippen LogP contribution in [0.2, 0.25) is 5.02 Å². The van der Waals surface area contributed by atoms with E-state index in [-0.39, 0.29) is 12.0 Å². The summed E-state index contributed by atoms with van der Waals surface area (Å²) in [5, 5.41) is 18.3. The lowest BCUT2D eigenvalue weighted by Gasteiger charge is -2.41. The van der Waals surface area contributed by atoms with Crippen LogP contribution in [0.5, 0.6) is 5.75 Å². The summed E-state index contributed by atoms with van der Waals surface area (Å²) in [7, 11) is 0. The van der Waals surface area contributed by atoms with Gasteiger partial charge in [0.1, 0.15) is 23.0 Å². The molecular weight excluding hydrogens is 254 g/mol. The molecule has 0 aliphatic heterocycles. The van der Waals surface area contributed by atoms with E-state index in [1.54, 1.807) is 18.2 Å². The molecule has 94 valence electrons. The maximum atomic E-state index is 10.8. The summed E-state index contributed by atoms with van der Waals surface area (Å²) in [6.45, 7) is 0. The predicted molar refractivity (Wildman–Crippen MR) is 65.6 cm³/mol. The van der Waals surface area contributed by atoms with Gasteiger partial charge < -0.3 is 9.84 Å². The summed E-state index contributed by atoms with van der Waals surface area (Å²) in [6, 6.07) is 6.92. The van der Waals surface area contributed by atoms with E-state index in [4.69, 9.17) is 26.7 Å². The Morgan fingerprint density at radius 2 is 2.28 bits per heavy atom. The first-order chi connectivity index (χ1) is 8.56. The topological polar surface area (TPSA) is 70.3 Å². The van der Waals surface area contributed by atoms with Gasteiger partial charge >= 0.3 is 5.97 Å². The van der Waals surface area contributed by atoms with Gasteiger partial charge in [-0.15, -0.1) is 0 Å². The molecule has 1 aromatic rings. The van der Waals surface area contributed by atoms with Gasteiger partial charge in [0.05, 0.1) is 11.4 Å². The second kappa shape index (κ2) is 4.87. The zero-order valence-corrected chi connectivity index (χ0v) is 10.4. The van der Waals surface area contributed by atoms with Gasteiger partial charge in [-0.05, 0) is 31.4 Å². The maximum Gasteiger partial charge on any atom is 0.307 e. The number of carboxylic acids is 1. The molecule has 0 atom stereocenters. The number of hydrogen-bond donors (Lipinski definition) is 1. The molecule has 0 bridgehead atoms. The SMILES string of the molecule is N#Cc1c(Cl)cccc1OC1(CC(=O)O)CCC1. The van der Waals surface area contributed by atoms with E-state index in [1.165, 1.54) is 0 Å². The van der Waals surface area contributed by atoms with Gasteiger partial charge in [0, 0.05) is 0 Å². The van der Waals surface area contributed by atoms with Crippen molar-refractivity contribution in [2.45, 2.75) is 31.3 Å². The summed E-state index contributed by atoms with van der Waals surface area (Å²) in [5.41, 5.74) is -0.418. The molecule has 1 saturated carbocycles. The summed E-state index contributed by atoms with van der Waals surface area (Å²) in [5.74, 6) is -0.527. The average molecular weight is 266 g/mol. The summed E-state index contributed by atoms with van der Waals surface area (Å²) in [6.07, 6.45) is 2.27. The zero-order chi connectivity index (χ0) is 13.2. The Kier molecular flexibility index (Phi) is 3.44. The minimum atomic E-state index is -0.893. The molecule has 0 spiro atoms. The predicted octanol–water partition coefficient (Wildman–Crippen LogP) is 2.99. The number of ether oxygens (including phenoxy) is 1. The molecule has 0 unspecified atom stereocenters. The van der Waals surface area contributed by atoms with Crippen molar-refractivity contribution in [2.75, 3.05) is 0 Å². The Balaban J connectivity index is 2.26. The van der Waals surface area contributed by atoms with Crippen LogP contribution in [0, 0.1) is 11.3 Å². The third-order valence-electron chi connectivity index (χ3n) is 3.15. The van der Waals surface area contributed by atoms with E-state index in [2.05, 4.69) is 0 Å². The van der Waals surface area contributed by atoms with Crippen LogP contribution < -0.4 is 4.74 Å². The van der Waals surface area contributed by atoms with E-state index < -0.39 is 11.6 Å². The van der Waals surface area contributed by atoms with E-state index in [9.17, 15) is 4.79 Å². The molecule has 1 N–H and O–H groups in total. The Hall–Kier alpha value is -1.73. The van der Waals surface area contributed by atoms with Gasteiger partial charge in [-0.3, -0.25) is 4.79 Å². The van der Waals surface area contributed by atoms with E-state index in [1.807, 2.05) is 6.07 Å². The van der Waals surface area contributed by atoms with Crippen molar-refractivity contribution >= 4 is 17.6 Å². The second-order valence-electron chi connectivity index (χ2n) is 4.43. The smallest absolute Gasteiger partial charge is 0.307 e. The molecule has 1 aliphatic rings. The molecule has 0 amide bonds. The molecule has 0 aromatic heterocycles. The molecule has 18 heavy (non-hydrogen) atoms. The lowest BCUT2D eigenvalue weighted by molar-refractivity contribution is -0.144. The molecule has 5 heteroatoms. The lowest BCUT2D eigenvalue weighted by atomic mass is 9.77. The van der Waals surface area contributed by atoms with Crippen molar-refractivity contribution in [1.29, 1.82) is 5.26 Å². The van der Waals surface area contributed by atoms with Gasteiger partial charge in [0.2, 0.25) is 0 Å². The number of nitriles is 1. The number of hydrogen-bond acceptors (Lipinski definition) is 3. The van der Waals surface area contributed by atoms with Crippen molar-refractivity contribution < 1.29 is 14.6 Å². The van der Waals surface area contributed by atoms with Gasteiger partial charge in [-0.1, -0.05) is 17.7 Å². The zero-order valence-electron chi connectivity index (χ0n) is 9.65. The third kappa shape index (κ3) is 2.41. The lowest BCUT2D eigenvalue weighted by Crippen LogP contribution is -2.45. The van der Waals surface area contributed by atoms with Crippen LogP contribution in [0.4, 0.5) is 0 Å². The maximum absolute atomic E-state index is 10.8. The number of carbonyl (C=O) groups is 1. The number of aliphatic carboxylic acids is 1. The van der Waals surface area contributed by atoms with Crippen molar-refractivity contribution in [3.8, 4) is 11.8 Å². The third-order valence-corrected chi connectivity index (χ3v) is 3.47. The van der Waals surface area contributed by atoms with Crippen molar-refractivity contribution in [1.82, 2.24) is 0 Å². The fraction of sp³-hybridized carbons (Fsp3) is 0.385. The first-order valence-electron chi connectivity index (χ1n) is 5.66. The summed E-state index contributed by atoms with van der Waals surface area (Å²) < 4.78 is 5.76. The molecule has 4 nitrogen and oxygen atoms in total. The highest BCUT2D eigenvalue weighted by Gasteiger charge is 2.42. The standard InChI is InChI=1S/C13H12ClNO3/c14-10-3-1-4-11(9(10)8-15)18-13(5-2-6-13)7-12(16)17/h1,3-4H,2,5-7H2,(H,16,17). The van der Waals surface area contributed by atoms with Crippen LogP contribution in [0.3, 0.4) is 0 Å². The van der Waals surface area contributed by atoms with Crippen LogP contribution in [0.1, 0.15) is 31.2 Å². The molecule has 0 heterocycles. The monoisotopic (exact) mass is 265 g/mol. The molecular formula is C13H12ClNO3. The Bertz CT molecular complexity index is 517. The Morgan fingerprint density at radius 1 is 1.56 bits per heavy atom. The average Bonchev–Trinajstić information content (AvgIpc) is 2.25. The summed E-state index contributed by atoms with van der Waals surface area (Å²) >= 11 is 5.91. The van der Waals surface area contributed by atoms with Crippen molar-refractivity contribution in [3.05, 3.63) is 28.8 Å². The number of carboxylic acid groups (broad SMARTS) is 1. The van der Waals surface area contributed by atoms with E-state index >= 15 is 0 Å². The molecule has 1 aliphatic carbocycles. The van der Waals surface area contributed by atoms with Gasteiger partial charge in [0.15, 0.2) is 0 Å². The van der Waals surface area contributed by atoms with Crippen LogP contribution in [0.25, 0.3) is 0 Å². The summed E-state index contributed by atoms with van der Waals surface area (Å²) in [4.78, 5) is 10.8. The quantitative estimate of drug-likeness (QED) is 0.908. The van der Waals surface area contributed by atoms with E-state index in [0.29, 0.717) is 23.6 Å². The fourth-order valence-corrected chi connectivity index (χ4v) is 2.30. The highest BCUT2D eigenvalue weighted by atomic mass is 35.5. The highest BCUT2D eigenvalue weighted by molar-refractivity contribution is 6.31. The van der Waals surface area contributed by atoms with Crippen LogP contribution in [0.15, 0.2) is 18.2 Å². The first-order valence-corrected chi connectivity index (χ1v) is 6.03. The molecule has 1 fully saturated rings. The number of nitrogens with zero attached hydrogens (tertiary/aromatic N) is 1. The van der Waals surface area contributed by atoms with Crippen molar-refractivity contribution in [2.24, 2.45) is 0 Å². The fourth-order valence-electron chi connectivity index (χ4n) is 2.09. The van der Waals surface area contributed by atoms with E-state index in [0.717, 1.165) is 6.42 Å². The number of halogens is 1. The largest absolute Gasteiger partial charge is 0.485 e. The molecule has 0 radical (unpaired) electrons. The minimum Gasteiger partial charge on any atom is -0.485 e. The Labute approximate surface area is 110 Å². The molecule has 0 saturated heterocycles. The molecule has 2 rings (SSSR count). The minimum absolute atomic E-state index is 0.0512. The number of rotatable bonds is 4. The molecule has 1 aromatic carbocycles. The van der Waals surface area contributed by atoms with Crippen LogP contribution >= 0.6 is 11.6 Å². The highest BCUT2D eigenvalue weighted by Crippen LogP contribution is 2.41. The van der Waals surface area contributed by atoms with Gasteiger partial charge in [-0.25, -0.2) is 0 Å². The normalized spacial score (nSPS) is 16.4. The van der Waals surface area contributed by atoms with Gasteiger partial charge in [-0.2, -0.15) is 5.26 Å². The number of benzene rings is 1. The van der Waals surface area contributed by atoms with Crippen LogP contribution in [-0.4, -0.2) is 16.7 Å². The van der Waals surface area contributed by atoms with Crippen molar-refractivity contribution in [3.63, 3.8) is 0 Å². The van der Waals surface area contributed by atoms with Gasteiger partial charge in [0.25, 0.3) is 0 Å². The first kappa shape index (κ1) is 12.7. The second-order valence-corrected chi connectivity index (χ2v) is 4.84. The van der Waals surface area contributed by atoms with Crippen LogP contribution in [-0.2, 0) is 4.79 Å².